The van der Waals surface area contributed by atoms with Gasteiger partial charge in [-0.25, -0.2) is 0 Å². The minimum atomic E-state index is -1.01. The van der Waals surface area contributed by atoms with E-state index >= 15 is 0 Å². The van der Waals surface area contributed by atoms with Crippen LogP contribution in [0, 0.1) is 0 Å². The molecule has 0 saturated carbocycles. The van der Waals surface area contributed by atoms with E-state index in [1.54, 1.807) is 34.6 Å². The maximum Gasteiger partial charge on any atom is 0.190 e. The van der Waals surface area contributed by atoms with E-state index in [9.17, 15) is 0 Å². The van der Waals surface area contributed by atoms with Crippen molar-refractivity contribution in [1.29, 1.82) is 0 Å². The quantitative estimate of drug-likeness (QED) is 0.361. The van der Waals surface area contributed by atoms with Gasteiger partial charge in [0.05, 0.1) is 51.4 Å². The summed E-state index contributed by atoms with van der Waals surface area (Å²) in [5.41, 5.74) is -2.83. The summed E-state index contributed by atoms with van der Waals surface area (Å²) >= 11 is 0. The molecule has 242 valence electrons. The van der Waals surface area contributed by atoms with E-state index < -0.39 is 22.8 Å². The highest BCUT2D eigenvalue weighted by Crippen LogP contribution is 2.46. The first-order valence-electron chi connectivity index (χ1n) is 13.9. The molecule has 3 rings (SSSR count). The van der Waals surface area contributed by atoms with Crippen LogP contribution in [-0.2, 0) is 28.5 Å². The van der Waals surface area contributed by atoms with Crippen LogP contribution in [0.15, 0.2) is 0 Å². The van der Waals surface area contributed by atoms with Crippen molar-refractivity contribution in [3.05, 3.63) is 0 Å². The van der Waals surface area contributed by atoms with Gasteiger partial charge < -0.3 is 43.8 Å². The molecule has 0 atom stereocenters. The minimum absolute atomic E-state index is 0.111. The van der Waals surface area contributed by atoms with Crippen LogP contribution < -0.4 is 0 Å². The smallest absolute Gasteiger partial charge is 0.190 e. The highest BCUT2D eigenvalue weighted by Gasteiger charge is 2.56. The molecular weight excluding hydrogens is 516 g/mol. The number of aliphatic hydroxyl groups is 3. The number of hydrogen-bond donors (Lipinski definition) is 3. The maximum atomic E-state index is 9.10. The summed E-state index contributed by atoms with van der Waals surface area (Å²) < 4.78 is 28.0. The molecule has 9 nitrogen and oxygen atoms in total. The third-order valence-electron chi connectivity index (χ3n) is 8.55. The van der Waals surface area contributed by atoms with Crippen molar-refractivity contribution in [2.24, 2.45) is 0 Å². The lowest BCUT2D eigenvalue weighted by molar-refractivity contribution is -0.200. The third kappa shape index (κ3) is 11.2. The van der Waals surface area contributed by atoms with Crippen molar-refractivity contribution in [3.63, 3.8) is 0 Å². The Morgan fingerprint density at radius 2 is 0.675 bits per heavy atom. The summed E-state index contributed by atoms with van der Waals surface area (Å²) in [4.78, 5) is 8.00. The standard InChI is InChI=1S/C9H18O3.C9H18O2.C6H14O2.C6H12O.CH2O/c1-7(2)8(3,4)12-9(5,6-10)11-7;1-7(2)8(3,4)11-9(5,6)10-7;1-5(2,7)6(3,4)8;1-5(2)6(3,4)7-5;1-2/h10H,6H2,1-5H3;1-6H3;7-8H,1-4H3;1-4H3;1H2. The van der Waals surface area contributed by atoms with Gasteiger partial charge in [0, 0.05) is 0 Å². The van der Waals surface area contributed by atoms with Crippen molar-refractivity contribution < 1.29 is 43.8 Å². The Bertz CT molecular complexity index is 737. The van der Waals surface area contributed by atoms with Crippen LogP contribution in [0.5, 0.6) is 0 Å². The molecule has 3 fully saturated rings. The molecule has 0 unspecified atom stereocenters. The average Bonchev–Trinajstić information content (AvgIpc) is 2.97. The molecule has 0 aromatic heterocycles. The molecule has 0 aromatic rings. The van der Waals surface area contributed by atoms with Crippen molar-refractivity contribution in [1.82, 2.24) is 0 Å². The molecule has 3 aliphatic heterocycles. The second-order valence-corrected chi connectivity index (χ2v) is 15.4. The first-order chi connectivity index (χ1) is 17.1. The van der Waals surface area contributed by atoms with E-state index in [1.807, 2.05) is 48.3 Å². The van der Waals surface area contributed by atoms with Crippen LogP contribution in [0.25, 0.3) is 0 Å². The number of carbonyl (C=O) groups excluding carboxylic acids is 1. The summed E-state index contributed by atoms with van der Waals surface area (Å²) in [5, 5.41) is 27.2. The minimum Gasteiger partial charge on any atom is -0.391 e. The molecule has 3 aliphatic rings. The van der Waals surface area contributed by atoms with Crippen LogP contribution in [0.4, 0.5) is 0 Å². The molecule has 3 saturated heterocycles. The number of rotatable bonds is 2. The molecule has 3 N–H and O–H groups in total. The number of ether oxygens (including phenoxy) is 5. The molecule has 0 bridgehead atoms. The summed E-state index contributed by atoms with van der Waals surface area (Å²) in [5.74, 6) is -1.28. The molecule has 0 aromatic carbocycles. The lowest BCUT2D eigenvalue weighted by atomic mass is 9.90. The molecular formula is C31H64O9. The largest absolute Gasteiger partial charge is 0.391 e. The fourth-order valence-corrected chi connectivity index (χ4v) is 3.52. The Morgan fingerprint density at radius 3 is 0.750 bits per heavy atom. The van der Waals surface area contributed by atoms with E-state index in [0.717, 1.165) is 0 Å². The van der Waals surface area contributed by atoms with Crippen LogP contribution in [0.1, 0.15) is 132 Å². The normalized spacial score (nSPS) is 26.6. The van der Waals surface area contributed by atoms with Gasteiger partial charge in [0.2, 0.25) is 0 Å². The van der Waals surface area contributed by atoms with Gasteiger partial charge in [0.1, 0.15) is 6.79 Å². The zero-order chi connectivity index (χ0) is 33.2. The molecule has 0 radical (unpaired) electrons. The van der Waals surface area contributed by atoms with Crippen molar-refractivity contribution >= 4 is 6.79 Å². The Morgan fingerprint density at radius 1 is 0.475 bits per heavy atom. The van der Waals surface area contributed by atoms with Gasteiger partial charge in [-0.3, -0.25) is 0 Å². The van der Waals surface area contributed by atoms with Crippen molar-refractivity contribution in [2.45, 2.75) is 188 Å². The predicted molar refractivity (Wildman–Crippen MR) is 159 cm³/mol. The van der Waals surface area contributed by atoms with Crippen LogP contribution >= 0.6 is 0 Å². The van der Waals surface area contributed by atoms with Crippen LogP contribution in [0.2, 0.25) is 0 Å². The SMILES string of the molecule is C=O.CC(C)(O)C(C)(C)O.CC1(C)OC(C)(C)C(C)(C)O1.CC1(C)OC1(C)C.CC1(CO)OC(C)(C)C(C)(C)O1. The highest BCUT2D eigenvalue weighted by atomic mass is 16.8. The molecule has 0 amide bonds. The van der Waals surface area contributed by atoms with Gasteiger partial charge in [0.15, 0.2) is 11.6 Å². The Balaban J connectivity index is 0. The van der Waals surface area contributed by atoms with E-state index in [-0.39, 0.29) is 40.2 Å². The van der Waals surface area contributed by atoms with Gasteiger partial charge >= 0.3 is 0 Å². The number of epoxide rings is 1. The van der Waals surface area contributed by atoms with E-state index in [4.69, 9.17) is 43.8 Å². The maximum absolute atomic E-state index is 9.10. The zero-order valence-corrected chi connectivity index (χ0v) is 29.2. The fourth-order valence-electron chi connectivity index (χ4n) is 3.52. The summed E-state index contributed by atoms with van der Waals surface area (Å²) in [6, 6.07) is 0. The molecule has 3 heterocycles. The van der Waals surface area contributed by atoms with Crippen molar-refractivity contribution in [3.8, 4) is 0 Å². The fraction of sp³-hybridized carbons (Fsp3) is 0.968. The topological polar surface area (TPSA) is 127 Å². The molecule has 9 heteroatoms. The third-order valence-corrected chi connectivity index (χ3v) is 8.55. The monoisotopic (exact) mass is 580 g/mol. The Hall–Kier alpha value is -0.650. The summed E-state index contributed by atoms with van der Waals surface area (Å²) in [6.07, 6.45) is 0. The van der Waals surface area contributed by atoms with Gasteiger partial charge in [-0.2, -0.15) is 0 Å². The van der Waals surface area contributed by atoms with Crippen LogP contribution in [-0.4, -0.2) is 85.1 Å². The summed E-state index contributed by atoms with van der Waals surface area (Å²) in [7, 11) is 0. The number of carbonyl (C=O) groups is 1. The lowest BCUT2D eigenvalue weighted by Crippen LogP contribution is -2.44. The van der Waals surface area contributed by atoms with Gasteiger partial charge in [-0.1, -0.05) is 0 Å². The van der Waals surface area contributed by atoms with Gasteiger partial charge in [-0.05, 0) is 132 Å². The van der Waals surface area contributed by atoms with Gasteiger partial charge in [-0.15, -0.1) is 0 Å². The number of aliphatic hydroxyl groups excluding tert-OH is 1. The first-order valence-corrected chi connectivity index (χ1v) is 13.9. The highest BCUT2D eigenvalue weighted by molar-refractivity contribution is 5.11. The first kappa shape index (κ1) is 41.5. The van der Waals surface area contributed by atoms with Crippen LogP contribution in [0.3, 0.4) is 0 Å². The van der Waals surface area contributed by atoms with Gasteiger partial charge in [0.25, 0.3) is 0 Å². The molecule has 0 aliphatic carbocycles. The lowest BCUT2D eigenvalue weighted by Gasteiger charge is -2.31. The number of hydrogen-bond acceptors (Lipinski definition) is 9. The Labute approximate surface area is 245 Å². The van der Waals surface area contributed by atoms with E-state index in [2.05, 4.69) is 55.4 Å². The molecule has 0 spiro atoms. The molecule has 40 heavy (non-hydrogen) atoms. The Kier molecular flexibility index (Phi) is 13.0. The second-order valence-electron chi connectivity index (χ2n) is 15.4. The second kappa shape index (κ2) is 12.5. The van der Waals surface area contributed by atoms with E-state index in [1.165, 1.54) is 0 Å². The summed E-state index contributed by atoms with van der Waals surface area (Å²) in [6.45, 7) is 38.4. The average molecular weight is 581 g/mol. The predicted octanol–water partition coefficient (Wildman–Crippen LogP) is 5.54. The van der Waals surface area contributed by atoms with E-state index in [0.29, 0.717) is 0 Å². The zero-order valence-electron chi connectivity index (χ0n) is 29.2. The van der Waals surface area contributed by atoms with Crippen molar-refractivity contribution in [2.75, 3.05) is 6.61 Å².